The second kappa shape index (κ2) is 11.8. The number of aryl methyl sites for hydroxylation is 2. The van der Waals surface area contributed by atoms with Gasteiger partial charge < -0.3 is 19.8 Å². The average molecular weight is 609 g/mol. The second-order valence-corrected chi connectivity index (χ2v) is 12.9. The molecule has 8 nitrogen and oxygen atoms in total. The van der Waals surface area contributed by atoms with Crippen molar-refractivity contribution in [3.05, 3.63) is 108 Å². The fourth-order valence-electron chi connectivity index (χ4n) is 6.04. The Hall–Kier alpha value is -4.60. The fraction of sp³-hybridized carbons (Fsp3) is 0.229. The number of benzene rings is 3. The van der Waals surface area contributed by atoms with Crippen molar-refractivity contribution >= 4 is 32.0 Å². The van der Waals surface area contributed by atoms with E-state index in [4.69, 9.17) is 15.2 Å². The van der Waals surface area contributed by atoms with Gasteiger partial charge in [0.2, 0.25) is 0 Å². The maximum absolute atomic E-state index is 14.5. The third kappa shape index (κ3) is 5.12. The van der Waals surface area contributed by atoms with Gasteiger partial charge in [-0.1, -0.05) is 48.0 Å². The zero-order valence-corrected chi connectivity index (χ0v) is 26.1. The molecule has 3 aromatic carbocycles. The van der Waals surface area contributed by atoms with Gasteiger partial charge in [-0.25, -0.2) is 17.4 Å². The minimum absolute atomic E-state index is 0.168. The lowest BCUT2D eigenvalue weighted by Crippen LogP contribution is -2.15. The maximum atomic E-state index is 14.5. The van der Waals surface area contributed by atoms with E-state index in [2.05, 4.69) is 17.1 Å². The van der Waals surface area contributed by atoms with E-state index in [1.807, 2.05) is 79.3 Å². The van der Waals surface area contributed by atoms with Gasteiger partial charge >= 0.3 is 0 Å². The first kappa shape index (κ1) is 29.5. The second-order valence-electron chi connectivity index (χ2n) is 11.1. The number of nitrogens with two attached hydrogens (primary N) is 1. The van der Waals surface area contributed by atoms with Crippen molar-refractivity contribution in [3.63, 3.8) is 0 Å². The number of pyridine rings is 1. The molecule has 0 aliphatic carbocycles. The molecular weight excluding hydrogens is 572 g/mol. The van der Waals surface area contributed by atoms with Gasteiger partial charge in [-0.3, -0.25) is 0 Å². The van der Waals surface area contributed by atoms with E-state index in [0.717, 1.165) is 39.4 Å². The van der Waals surface area contributed by atoms with E-state index in [1.54, 1.807) is 32.5 Å². The van der Waals surface area contributed by atoms with Crippen molar-refractivity contribution in [2.45, 2.75) is 30.6 Å². The molecule has 0 aliphatic rings. The van der Waals surface area contributed by atoms with Crippen molar-refractivity contribution < 1.29 is 17.9 Å². The molecule has 226 valence electrons. The molecule has 44 heavy (non-hydrogen) atoms. The van der Waals surface area contributed by atoms with Crippen molar-refractivity contribution in [2.24, 2.45) is 12.8 Å². The highest BCUT2D eigenvalue weighted by Crippen LogP contribution is 2.41. The van der Waals surface area contributed by atoms with Gasteiger partial charge in [0.1, 0.15) is 0 Å². The highest BCUT2D eigenvalue weighted by Gasteiger charge is 2.28. The van der Waals surface area contributed by atoms with Crippen LogP contribution >= 0.6 is 0 Å². The molecular formula is C35H36N4O4S. The molecule has 2 N–H and O–H groups in total. The fourth-order valence-corrected chi connectivity index (χ4v) is 7.52. The largest absolute Gasteiger partial charge is 0.493 e. The predicted octanol–water partition coefficient (Wildman–Crippen LogP) is 6.43. The number of ether oxygens (including phenoxy) is 2. The SMILES string of the molecule is COc1cc2c(-c3cc4c(CC(CCN)c5ccccc5)ccnc4n3S(=O)(=O)c3ccc(C)cc3)cn(C)c2cc1OC. The molecule has 0 saturated carbocycles. The molecule has 0 spiro atoms. The Labute approximate surface area is 257 Å². The third-order valence-corrected chi connectivity index (χ3v) is 10.1. The van der Waals surface area contributed by atoms with E-state index in [0.29, 0.717) is 35.8 Å². The topological polar surface area (TPSA) is 101 Å². The Morgan fingerprint density at radius 1 is 0.909 bits per heavy atom. The van der Waals surface area contributed by atoms with Crippen LogP contribution in [0.25, 0.3) is 33.2 Å². The van der Waals surface area contributed by atoms with Crippen LogP contribution in [0.1, 0.15) is 29.0 Å². The van der Waals surface area contributed by atoms with Crippen molar-refractivity contribution in [1.82, 2.24) is 13.5 Å². The number of aromatic nitrogens is 3. The number of rotatable bonds is 10. The van der Waals surface area contributed by atoms with Crippen LogP contribution in [-0.2, 0) is 23.5 Å². The normalized spacial score (nSPS) is 12.6. The Balaban J connectivity index is 1.63. The molecule has 6 rings (SSSR count). The summed E-state index contributed by atoms with van der Waals surface area (Å²) >= 11 is 0. The Morgan fingerprint density at radius 2 is 1.61 bits per heavy atom. The van der Waals surface area contributed by atoms with E-state index in [9.17, 15) is 8.42 Å². The van der Waals surface area contributed by atoms with E-state index in [-0.39, 0.29) is 10.8 Å². The van der Waals surface area contributed by atoms with Gasteiger partial charge in [0.05, 0.1) is 30.3 Å². The van der Waals surface area contributed by atoms with Crippen LogP contribution < -0.4 is 15.2 Å². The summed E-state index contributed by atoms with van der Waals surface area (Å²) in [6, 6.07) is 25.0. The summed E-state index contributed by atoms with van der Waals surface area (Å²) in [5, 5.41) is 1.62. The minimum Gasteiger partial charge on any atom is -0.493 e. The number of fused-ring (bicyclic) bond motifs is 2. The lowest BCUT2D eigenvalue weighted by molar-refractivity contribution is 0.355. The standard InChI is InChI=1S/C35H36N4O4S/c1-23-10-12-27(13-11-23)44(40,41)39-32(30-22-38(2)31-21-34(43-4)33(42-3)20-29(30)31)19-28-26(15-17-37-35(28)39)18-25(14-16-36)24-8-6-5-7-9-24/h5-13,15,17,19-22,25H,14,16,18,36H2,1-4H3. The van der Waals surface area contributed by atoms with E-state index >= 15 is 0 Å². The van der Waals surface area contributed by atoms with Gasteiger partial charge in [-0.2, -0.15) is 0 Å². The molecule has 3 heterocycles. The van der Waals surface area contributed by atoms with Crippen LogP contribution in [0.4, 0.5) is 0 Å². The number of hydrogen-bond acceptors (Lipinski definition) is 6. The van der Waals surface area contributed by atoms with Crippen molar-refractivity contribution in [1.29, 1.82) is 0 Å². The summed E-state index contributed by atoms with van der Waals surface area (Å²) in [5.41, 5.74) is 11.8. The summed E-state index contributed by atoms with van der Waals surface area (Å²) in [6.07, 6.45) is 5.13. The predicted molar refractivity (Wildman–Crippen MR) is 175 cm³/mol. The smallest absolute Gasteiger partial charge is 0.269 e. The van der Waals surface area contributed by atoms with Crippen LogP contribution in [0.5, 0.6) is 11.5 Å². The van der Waals surface area contributed by atoms with Crippen LogP contribution in [0.3, 0.4) is 0 Å². The quantitative estimate of drug-likeness (QED) is 0.192. The summed E-state index contributed by atoms with van der Waals surface area (Å²) < 4.78 is 43.5. The molecule has 0 saturated heterocycles. The zero-order chi connectivity index (χ0) is 31.0. The van der Waals surface area contributed by atoms with Gasteiger partial charge in [-0.15, -0.1) is 0 Å². The zero-order valence-electron chi connectivity index (χ0n) is 25.3. The van der Waals surface area contributed by atoms with Gasteiger partial charge in [0.25, 0.3) is 10.0 Å². The molecule has 1 unspecified atom stereocenters. The van der Waals surface area contributed by atoms with Crippen molar-refractivity contribution in [2.75, 3.05) is 20.8 Å². The third-order valence-electron chi connectivity index (χ3n) is 8.33. The molecule has 1 atom stereocenters. The van der Waals surface area contributed by atoms with Gasteiger partial charge in [-0.05, 0) is 73.7 Å². The summed E-state index contributed by atoms with van der Waals surface area (Å²) in [6.45, 7) is 2.48. The molecule has 0 aliphatic heterocycles. The number of hydrogen-bond donors (Lipinski definition) is 1. The molecule has 0 bridgehead atoms. The highest BCUT2D eigenvalue weighted by molar-refractivity contribution is 7.90. The van der Waals surface area contributed by atoms with Gasteiger partial charge in [0, 0.05) is 41.8 Å². The van der Waals surface area contributed by atoms with Crippen LogP contribution in [0.2, 0.25) is 0 Å². The van der Waals surface area contributed by atoms with Crippen LogP contribution in [0, 0.1) is 6.92 Å². The van der Waals surface area contributed by atoms with Crippen LogP contribution in [0.15, 0.2) is 96.2 Å². The summed E-state index contributed by atoms with van der Waals surface area (Å²) in [4.78, 5) is 4.87. The Kier molecular flexibility index (Phi) is 7.92. The number of methoxy groups -OCH3 is 2. The highest BCUT2D eigenvalue weighted by atomic mass is 32.2. The summed E-state index contributed by atoms with van der Waals surface area (Å²) in [5.74, 6) is 1.32. The van der Waals surface area contributed by atoms with Crippen molar-refractivity contribution in [3.8, 4) is 22.8 Å². The first-order chi connectivity index (χ1) is 21.3. The Bertz CT molecular complexity index is 2060. The molecule has 3 aromatic heterocycles. The molecule has 6 aromatic rings. The maximum Gasteiger partial charge on any atom is 0.269 e. The first-order valence-electron chi connectivity index (χ1n) is 14.5. The molecule has 9 heteroatoms. The lowest BCUT2D eigenvalue weighted by Gasteiger charge is -2.17. The first-order valence-corrected chi connectivity index (χ1v) is 16.0. The number of nitrogens with zero attached hydrogens (tertiary/aromatic N) is 3. The van der Waals surface area contributed by atoms with Crippen LogP contribution in [-0.4, -0.2) is 42.7 Å². The molecule has 0 radical (unpaired) electrons. The average Bonchev–Trinajstić information content (AvgIpc) is 3.59. The minimum atomic E-state index is -4.04. The molecule has 0 amide bonds. The summed E-state index contributed by atoms with van der Waals surface area (Å²) in [7, 11) is 1.07. The van der Waals surface area contributed by atoms with E-state index in [1.165, 1.54) is 9.54 Å². The van der Waals surface area contributed by atoms with E-state index < -0.39 is 10.0 Å². The Morgan fingerprint density at radius 3 is 2.30 bits per heavy atom. The van der Waals surface area contributed by atoms with Gasteiger partial charge in [0.15, 0.2) is 17.1 Å². The molecule has 0 fully saturated rings. The monoisotopic (exact) mass is 608 g/mol. The lowest BCUT2D eigenvalue weighted by atomic mass is 9.88.